The van der Waals surface area contributed by atoms with Crippen LogP contribution < -0.4 is 10.6 Å². The van der Waals surface area contributed by atoms with Gasteiger partial charge in [-0.05, 0) is 6.42 Å². The van der Waals surface area contributed by atoms with Crippen molar-refractivity contribution < 1.29 is 30.2 Å². The van der Waals surface area contributed by atoms with E-state index in [-0.39, 0.29) is 23.3 Å². The standard InChI is InChI=1S/C21H29N3O2.Nb/c1-4-6-7-18(5-2)8-9-19(25)23-17(3)16-24-14-11-21(12-15-24)10-13-22-20(21)26;/h2,5-7,17H,4,10-16H2,1,3H3,(H,22,26)(H,23,25);/b7-6-,18-5+;. The van der Waals surface area contributed by atoms with Crippen molar-refractivity contribution in [2.24, 2.45) is 5.41 Å². The van der Waals surface area contributed by atoms with E-state index >= 15 is 0 Å². The van der Waals surface area contributed by atoms with E-state index in [4.69, 9.17) is 0 Å². The van der Waals surface area contributed by atoms with E-state index < -0.39 is 0 Å². The summed E-state index contributed by atoms with van der Waals surface area (Å²) < 4.78 is 1.96. The number of rotatable bonds is 6. The van der Waals surface area contributed by atoms with Crippen LogP contribution in [0.1, 0.15) is 39.5 Å². The Morgan fingerprint density at radius 2 is 2.11 bits per heavy atom. The van der Waals surface area contributed by atoms with E-state index in [0.29, 0.717) is 0 Å². The molecule has 0 aromatic carbocycles. The van der Waals surface area contributed by atoms with Crippen molar-refractivity contribution in [2.75, 3.05) is 26.2 Å². The molecule has 0 aliphatic carbocycles. The quantitative estimate of drug-likeness (QED) is 0.366. The van der Waals surface area contributed by atoms with E-state index in [1.165, 1.54) is 0 Å². The number of hydrogen-bond acceptors (Lipinski definition) is 3. The van der Waals surface area contributed by atoms with Crippen LogP contribution in [-0.2, 0) is 30.2 Å². The van der Waals surface area contributed by atoms with Gasteiger partial charge in [-0.1, -0.05) is 0 Å². The van der Waals surface area contributed by atoms with E-state index in [2.05, 4.69) is 34.3 Å². The zero-order valence-electron chi connectivity index (χ0n) is 16.3. The molecule has 0 aromatic rings. The number of hydrogen-bond donors (Lipinski definition) is 2. The van der Waals surface area contributed by atoms with Gasteiger partial charge in [-0.15, -0.1) is 0 Å². The van der Waals surface area contributed by atoms with E-state index in [1.807, 2.05) is 29.4 Å². The maximum atomic E-state index is 12.1. The van der Waals surface area contributed by atoms with Gasteiger partial charge in [0.05, 0.1) is 5.41 Å². The van der Waals surface area contributed by atoms with Crippen molar-refractivity contribution in [3.63, 3.8) is 0 Å². The molecule has 0 aromatic heterocycles. The molecule has 1 atom stereocenters. The first kappa shape index (κ1) is 21.8. The zero-order chi connectivity index (χ0) is 19.7. The summed E-state index contributed by atoms with van der Waals surface area (Å²) in [5, 5.41) is 5.92. The number of piperidine rings is 1. The number of amides is 2. The van der Waals surface area contributed by atoms with Crippen LogP contribution >= 0.6 is 0 Å². The summed E-state index contributed by atoms with van der Waals surface area (Å²) in [6, 6.07) is 0.0253. The molecule has 0 bridgehead atoms. The Bertz CT molecular complexity index is 679. The second-order valence-corrected chi connectivity index (χ2v) is 8.03. The van der Waals surface area contributed by atoms with Crippen molar-refractivity contribution in [1.29, 1.82) is 0 Å². The first-order valence-electron chi connectivity index (χ1n) is 9.66. The molecule has 2 fully saturated rings. The third-order valence-electron chi connectivity index (χ3n) is 5.20. The van der Waals surface area contributed by atoms with Crippen LogP contribution in [0.4, 0.5) is 0 Å². The first-order chi connectivity index (χ1) is 13.0. The summed E-state index contributed by atoms with van der Waals surface area (Å²) in [5.41, 5.74) is 0.706. The number of allylic oxidation sites excluding steroid dienone is 4. The van der Waals surface area contributed by atoms with Crippen molar-refractivity contribution in [3.05, 3.63) is 23.8 Å². The molecule has 2 amide bonds. The van der Waals surface area contributed by atoms with Gasteiger partial charge < -0.3 is 5.32 Å². The molecule has 2 rings (SSSR count). The molecule has 2 aliphatic heterocycles. The molecule has 5 nitrogen and oxygen atoms in total. The summed E-state index contributed by atoms with van der Waals surface area (Å²) in [6.07, 6.45) is 9.62. The maximum absolute atomic E-state index is 12.1. The van der Waals surface area contributed by atoms with Gasteiger partial charge in [-0.2, -0.15) is 0 Å². The second-order valence-electron chi connectivity index (χ2n) is 7.29. The first-order valence-corrected chi connectivity index (χ1v) is 10.9. The van der Waals surface area contributed by atoms with Gasteiger partial charge in [-0.3, -0.25) is 4.79 Å². The summed E-state index contributed by atoms with van der Waals surface area (Å²) in [5.74, 6) is 5.60. The van der Waals surface area contributed by atoms with Crippen LogP contribution in [-0.4, -0.2) is 53.2 Å². The predicted molar refractivity (Wildman–Crippen MR) is 105 cm³/mol. The molecule has 2 saturated heterocycles. The molecule has 0 radical (unpaired) electrons. The third-order valence-corrected chi connectivity index (χ3v) is 5.57. The molecule has 6 heteroatoms. The van der Waals surface area contributed by atoms with Crippen molar-refractivity contribution in [3.8, 4) is 11.8 Å². The van der Waals surface area contributed by atoms with Gasteiger partial charge in [-0.25, -0.2) is 0 Å². The van der Waals surface area contributed by atoms with Crippen molar-refractivity contribution >= 4 is 16.0 Å². The topological polar surface area (TPSA) is 61.4 Å². The Labute approximate surface area is 174 Å². The molecule has 27 heavy (non-hydrogen) atoms. The van der Waals surface area contributed by atoms with Crippen LogP contribution in [0.2, 0.25) is 0 Å². The molecular formula is C21H29N3NbO2. The fourth-order valence-corrected chi connectivity index (χ4v) is 4.04. The summed E-state index contributed by atoms with van der Waals surface area (Å²) in [6.45, 7) is 7.47. The Morgan fingerprint density at radius 1 is 1.37 bits per heavy atom. The minimum absolute atomic E-state index is 0.0253. The van der Waals surface area contributed by atoms with Crippen molar-refractivity contribution in [1.82, 2.24) is 15.5 Å². The minimum atomic E-state index is -0.248. The fourth-order valence-electron chi connectivity index (χ4n) is 3.64. The summed E-state index contributed by atoms with van der Waals surface area (Å²) >= 11 is 1.58. The van der Waals surface area contributed by atoms with E-state index in [1.54, 1.807) is 20.6 Å². The number of carbonyl (C=O) groups is 2. The fraction of sp³-hybridized carbons (Fsp3) is 0.571. The molecule has 145 valence electrons. The van der Waals surface area contributed by atoms with Gasteiger partial charge in [0, 0.05) is 6.54 Å². The van der Waals surface area contributed by atoms with Crippen molar-refractivity contribution in [2.45, 2.75) is 45.6 Å². The third kappa shape index (κ3) is 6.58. The van der Waals surface area contributed by atoms with Crippen LogP contribution in [0, 0.1) is 17.3 Å². The number of carbonyl (C=O) groups excluding carboxylic acids is 2. The van der Waals surface area contributed by atoms with E-state index in [9.17, 15) is 9.59 Å². The zero-order valence-corrected chi connectivity index (χ0v) is 18.5. The van der Waals surface area contributed by atoms with Crippen LogP contribution in [0.5, 0.6) is 0 Å². The average Bonchev–Trinajstić information content (AvgIpc) is 2.99. The van der Waals surface area contributed by atoms with Gasteiger partial charge in [0.2, 0.25) is 5.91 Å². The predicted octanol–water partition coefficient (Wildman–Crippen LogP) is 1.34. The monoisotopic (exact) mass is 448 g/mol. The van der Waals surface area contributed by atoms with Crippen LogP contribution in [0.15, 0.2) is 23.8 Å². The molecule has 2 heterocycles. The summed E-state index contributed by atoms with van der Waals surface area (Å²) in [7, 11) is 0. The van der Waals surface area contributed by atoms with E-state index in [0.717, 1.165) is 57.4 Å². The Balaban J connectivity index is 1.80. The molecular weight excluding hydrogens is 419 g/mol. The Hall–Kier alpha value is -1.45. The number of nitrogens with zero attached hydrogens (tertiary/aromatic N) is 1. The number of likely N-dealkylation sites (tertiary alicyclic amines) is 1. The van der Waals surface area contributed by atoms with Crippen LogP contribution in [0.25, 0.3) is 0 Å². The average molecular weight is 448 g/mol. The molecule has 2 N–H and O–H groups in total. The molecule has 0 saturated carbocycles. The SMILES string of the molecule is CC/C=C\C(C#CC(=O)NC(C)CN1CCC2(CCNC2=O)CC1)=C/[CH]=[Nb]. The Kier molecular flexibility index (Phi) is 8.72. The van der Waals surface area contributed by atoms with Gasteiger partial charge in [0.25, 0.3) is 0 Å². The molecule has 1 spiro atoms. The second kappa shape index (κ2) is 10.8. The van der Waals surface area contributed by atoms with Gasteiger partial charge in [0.15, 0.2) is 0 Å². The van der Waals surface area contributed by atoms with Crippen LogP contribution in [0.3, 0.4) is 0 Å². The molecule has 2 aliphatic rings. The Morgan fingerprint density at radius 3 is 2.70 bits per heavy atom. The van der Waals surface area contributed by atoms with Gasteiger partial charge in [0.1, 0.15) is 0 Å². The summed E-state index contributed by atoms with van der Waals surface area (Å²) in [4.78, 5) is 26.5. The van der Waals surface area contributed by atoms with Gasteiger partial charge >= 0.3 is 140 Å². The number of nitrogens with one attached hydrogen (secondary N) is 2. The normalized spacial score (nSPS) is 20.8. The molecule has 1 unspecified atom stereocenters.